The van der Waals surface area contributed by atoms with Crippen molar-refractivity contribution in [2.75, 3.05) is 18.0 Å². The van der Waals surface area contributed by atoms with Gasteiger partial charge in [-0.05, 0) is 92.4 Å². The molecule has 3 aromatic rings. The highest BCUT2D eigenvalue weighted by molar-refractivity contribution is 5.99. The number of rotatable bonds is 5. The summed E-state index contributed by atoms with van der Waals surface area (Å²) in [5.41, 5.74) is -0.723. The van der Waals surface area contributed by atoms with Crippen LogP contribution in [0.2, 0.25) is 0 Å². The summed E-state index contributed by atoms with van der Waals surface area (Å²) in [6.45, 7) is -0.426. The molecule has 0 amide bonds. The standard InChI is InChI=1S/C31H31F4N3O2/c32-21-1-3-25(24(33)12-21)38-16-23(26(39)15-30-6-5-18-9-19(13-30)11-20(10-18)14-30)28(40)22-2-4-27(36-29(22)38)37-8-7-31(34,35)17-37/h1-4,12,16,18-20H,5-11,13-15,17H2. The number of ketones is 1. The Bertz CT molecular complexity index is 1570. The van der Waals surface area contributed by atoms with Crippen molar-refractivity contribution in [3.8, 4) is 5.69 Å². The highest BCUT2D eigenvalue weighted by atomic mass is 19.3. The Labute approximate surface area is 229 Å². The van der Waals surface area contributed by atoms with Gasteiger partial charge in [0.25, 0.3) is 5.92 Å². The summed E-state index contributed by atoms with van der Waals surface area (Å²) in [5, 5.41) is 0.0893. The number of hydrogen-bond donors (Lipinski definition) is 0. The first-order valence-electron chi connectivity index (χ1n) is 14.3. The molecule has 4 saturated carbocycles. The molecule has 1 saturated heterocycles. The van der Waals surface area contributed by atoms with E-state index in [2.05, 4.69) is 4.98 Å². The monoisotopic (exact) mass is 553 g/mol. The third-order valence-electron chi connectivity index (χ3n) is 9.86. The summed E-state index contributed by atoms with van der Waals surface area (Å²) in [6, 6.07) is 6.01. The number of carbonyl (C=O) groups is 1. The van der Waals surface area contributed by atoms with Gasteiger partial charge in [0, 0.05) is 31.6 Å². The predicted octanol–water partition coefficient (Wildman–Crippen LogP) is 6.69. The van der Waals surface area contributed by atoms with Crippen LogP contribution in [0.15, 0.2) is 41.3 Å². The topological polar surface area (TPSA) is 55.2 Å². The number of carbonyl (C=O) groups excluding carboxylic acids is 1. The molecule has 4 bridgehead atoms. The molecule has 4 aliphatic carbocycles. The van der Waals surface area contributed by atoms with Crippen LogP contribution in [0.1, 0.15) is 68.1 Å². The van der Waals surface area contributed by atoms with E-state index in [9.17, 15) is 22.8 Å². The molecule has 40 heavy (non-hydrogen) atoms. The van der Waals surface area contributed by atoms with Gasteiger partial charge in [0.15, 0.2) is 11.4 Å². The van der Waals surface area contributed by atoms with Crippen molar-refractivity contribution >= 4 is 22.6 Å². The predicted molar refractivity (Wildman–Crippen MR) is 143 cm³/mol. The molecule has 2 atom stereocenters. The Kier molecular flexibility index (Phi) is 5.88. The number of pyridine rings is 2. The third kappa shape index (κ3) is 4.41. The third-order valence-corrected chi connectivity index (χ3v) is 9.86. The molecule has 0 radical (unpaired) electrons. The number of Topliss-reactive ketones (excluding diaryl/α,β-unsaturated/α-hetero) is 1. The molecule has 3 heterocycles. The van der Waals surface area contributed by atoms with Gasteiger partial charge in [0.2, 0.25) is 5.43 Å². The van der Waals surface area contributed by atoms with E-state index in [4.69, 9.17) is 0 Å². The molecule has 0 N–H and O–H groups in total. The number of anilines is 1. The molecule has 2 unspecified atom stereocenters. The molecular formula is C31H31F4N3O2. The summed E-state index contributed by atoms with van der Waals surface area (Å²) in [6.07, 6.45) is 9.07. The average molecular weight is 554 g/mol. The molecule has 5 aliphatic rings. The highest BCUT2D eigenvalue weighted by Crippen LogP contribution is 2.58. The van der Waals surface area contributed by atoms with Crippen molar-refractivity contribution in [1.29, 1.82) is 0 Å². The molecule has 5 fully saturated rings. The van der Waals surface area contributed by atoms with E-state index in [0.717, 1.165) is 43.7 Å². The Morgan fingerprint density at radius 2 is 1.75 bits per heavy atom. The van der Waals surface area contributed by atoms with Gasteiger partial charge in [-0.3, -0.25) is 14.2 Å². The number of aromatic nitrogens is 2. The normalized spacial score (nSPS) is 28.8. The lowest BCUT2D eigenvalue weighted by molar-refractivity contribution is 0.0256. The maximum Gasteiger partial charge on any atom is 0.266 e. The molecule has 1 aliphatic heterocycles. The van der Waals surface area contributed by atoms with Gasteiger partial charge >= 0.3 is 0 Å². The number of alkyl halides is 2. The van der Waals surface area contributed by atoms with Gasteiger partial charge in [-0.15, -0.1) is 0 Å². The highest BCUT2D eigenvalue weighted by Gasteiger charge is 2.48. The van der Waals surface area contributed by atoms with Crippen LogP contribution in [-0.2, 0) is 0 Å². The summed E-state index contributed by atoms with van der Waals surface area (Å²) < 4.78 is 58.0. The van der Waals surface area contributed by atoms with E-state index in [-0.39, 0.29) is 58.7 Å². The number of halogens is 4. The van der Waals surface area contributed by atoms with E-state index in [1.54, 1.807) is 0 Å². The molecule has 0 spiro atoms. The van der Waals surface area contributed by atoms with Crippen LogP contribution >= 0.6 is 0 Å². The SMILES string of the molecule is O=C(CC12CCC3CC(CC(C3)C1)C2)c1cn(-c2ccc(F)cc2F)c2nc(N3CCC(F)(F)C3)ccc2c1=O. The lowest BCUT2D eigenvalue weighted by Gasteiger charge is -2.45. The van der Waals surface area contributed by atoms with Crippen LogP contribution in [0.25, 0.3) is 16.7 Å². The van der Waals surface area contributed by atoms with Crippen molar-refractivity contribution in [3.05, 3.63) is 63.9 Å². The summed E-state index contributed by atoms with van der Waals surface area (Å²) in [5.74, 6) is -2.56. The van der Waals surface area contributed by atoms with Crippen molar-refractivity contribution in [3.63, 3.8) is 0 Å². The minimum Gasteiger partial charge on any atom is -0.350 e. The largest absolute Gasteiger partial charge is 0.350 e. The fourth-order valence-electron chi connectivity index (χ4n) is 8.32. The van der Waals surface area contributed by atoms with E-state index in [1.807, 2.05) is 0 Å². The molecule has 1 aromatic carbocycles. The minimum atomic E-state index is -2.86. The molecule has 210 valence electrons. The second-order valence-corrected chi connectivity index (χ2v) is 12.8. The summed E-state index contributed by atoms with van der Waals surface area (Å²) in [7, 11) is 0. The van der Waals surface area contributed by atoms with Crippen LogP contribution in [-0.4, -0.2) is 34.3 Å². The van der Waals surface area contributed by atoms with E-state index in [1.165, 1.54) is 53.1 Å². The summed E-state index contributed by atoms with van der Waals surface area (Å²) in [4.78, 5) is 33.5. The Morgan fingerprint density at radius 1 is 1.00 bits per heavy atom. The zero-order valence-electron chi connectivity index (χ0n) is 22.1. The number of fused-ring (bicyclic) bond motifs is 2. The molecule has 2 aromatic heterocycles. The van der Waals surface area contributed by atoms with Gasteiger partial charge < -0.3 is 4.90 Å². The number of benzene rings is 1. The maximum atomic E-state index is 15.1. The van der Waals surface area contributed by atoms with Crippen LogP contribution in [0.4, 0.5) is 23.4 Å². The molecular weight excluding hydrogens is 522 g/mol. The van der Waals surface area contributed by atoms with Gasteiger partial charge in [-0.25, -0.2) is 22.5 Å². The molecule has 9 heteroatoms. The quantitative estimate of drug-likeness (QED) is 0.261. The number of hydrogen-bond acceptors (Lipinski definition) is 4. The van der Waals surface area contributed by atoms with E-state index >= 15 is 4.39 Å². The van der Waals surface area contributed by atoms with Crippen molar-refractivity contribution in [2.45, 2.75) is 63.7 Å². The molecule has 8 rings (SSSR count). The first kappa shape index (κ1) is 25.7. The van der Waals surface area contributed by atoms with Crippen molar-refractivity contribution < 1.29 is 22.4 Å². The second kappa shape index (κ2) is 9.14. The molecule has 5 nitrogen and oxygen atoms in total. The fraction of sp³-hybridized carbons (Fsp3) is 0.516. The maximum absolute atomic E-state index is 15.1. The van der Waals surface area contributed by atoms with Gasteiger partial charge in [0.1, 0.15) is 17.5 Å². The smallest absolute Gasteiger partial charge is 0.266 e. The Morgan fingerprint density at radius 3 is 2.45 bits per heavy atom. The first-order chi connectivity index (χ1) is 19.1. The minimum absolute atomic E-state index is 0.0333. The fourth-order valence-corrected chi connectivity index (χ4v) is 8.32. The van der Waals surface area contributed by atoms with Crippen LogP contribution in [0.5, 0.6) is 0 Å². The van der Waals surface area contributed by atoms with Crippen molar-refractivity contribution in [2.24, 2.45) is 23.2 Å². The first-order valence-corrected chi connectivity index (χ1v) is 14.3. The lowest BCUT2D eigenvalue weighted by Crippen LogP contribution is -2.36. The van der Waals surface area contributed by atoms with Gasteiger partial charge in [-0.2, -0.15) is 0 Å². The van der Waals surface area contributed by atoms with Crippen LogP contribution < -0.4 is 10.3 Å². The van der Waals surface area contributed by atoms with Gasteiger partial charge in [0.05, 0.1) is 23.2 Å². The zero-order valence-corrected chi connectivity index (χ0v) is 22.1. The Hall–Kier alpha value is -3.23. The second-order valence-electron chi connectivity index (χ2n) is 12.8. The van der Waals surface area contributed by atoms with Gasteiger partial charge in [-0.1, -0.05) is 0 Å². The average Bonchev–Trinajstić information content (AvgIpc) is 3.15. The van der Waals surface area contributed by atoms with E-state index < -0.39 is 29.5 Å². The van der Waals surface area contributed by atoms with E-state index in [0.29, 0.717) is 11.8 Å². The lowest BCUT2D eigenvalue weighted by atomic mass is 9.60. The van der Waals surface area contributed by atoms with Crippen LogP contribution in [0, 0.1) is 34.8 Å². The van der Waals surface area contributed by atoms with Crippen molar-refractivity contribution in [1.82, 2.24) is 9.55 Å². The Balaban J connectivity index is 1.33. The van der Waals surface area contributed by atoms with Crippen LogP contribution in [0.3, 0.4) is 0 Å². The number of nitrogens with zero attached hydrogens (tertiary/aromatic N) is 3. The zero-order chi connectivity index (χ0) is 27.8. The summed E-state index contributed by atoms with van der Waals surface area (Å²) >= 11 is 0.